The molecule has 0 bridgehead atoms. The van der Waals surface area contributed by atoms with Gasteiger partial charge in [0.05, 0.1) is 0 Å². The molecule has 0 spiro atoms. The first-order valence-electron chi connectivity index (χ1n) is 1.56. The molecular formula is C3H5Br3O2. The maximum Gasteiger partial charge on any atom is 0.331 e. The average molecular weight is 313 g/mol. The molecule has 0 saturated carbocycles. The van der Waals surface area contributed by atoms with Crippen LogP contribution in [0.1, 0.15) is 6.92 Å². The van der Waals surface area contributed by atoms with Gasteiger partial charge in [0.2, 0.25) is 0 Å². The molecule has 0 aromatic rings. The lowest BCUT2D eigenvalue weighted by atomic mass is 10.5. The molecule has 2 nitrogen and oxygen atoms in total. The number of alkyl halides is 2. The molecule has 0 rings (SSSR count). The lowest BCUT2D eigenvalue weighted by molar-refractivity contribution is -0.136. The van der Waals surface area contributed by atoms with Gasteiger partial charge in [0.1, 0.15) is 0 Å². The van der Waals surface area contributed by atoms with Gasteiger partial charge < -0.3 is 5.11 Å². The standard InChI is InChI=1S/C3H4Br2O2.BrH/c1-3(4,5)2(6)7;/h1H3,(H,6,7);1H. The second-order valence-electron chi connectivity index (χ2n) is 1.19. The molecule has 0 unspecified atom stereocenters. The molecule has 0 amide bonds. The van der Waals surface area contributed by atoms with Crippen LogP contribution in [-0.2, 0) is 4.79 Å². The van der Waals surface area contributed by atoms with Gasteiger partial charge in [0, 0.05) is 0 Å². The third kappa shape index (κ3) is 5.05. The highest BCUT2D eigenvalue weighted by atomic mass is 79.9. The molecule has 0 heterocycles. The number of halogens is 3. The minimum Gasteiger partial charge on any atom is -0.480 e. The van der Waals surface area contributed by atoms with Crippen molar-refractivity contribution in [2.24, 2.45) is 0 Å². The number of carboxylic acids is 1. The van der Waals surface area contributed by atoms with Gasteiger partial charge >= 0.3 is 5.97 Å². The van der Waals surface area contributed by atoms with E-state index in [2.05, 4.69) is 31.9 Å². The van der Waals surface area contributed by atoms with Crippen molar-refractivity contribution < 1.29 is 9.90 Å². The predicted octanol–water partition coefficient (Wildman–Crippen LogP) is 2.15. The third-order valence-corrected chi connectivity index (χ3v) is 1.05. The normalized spacial score (nSPS) is 9.88. The first kappa shape index (κ1) is 11.7. The van der Waals surface area contributed by atoms with Crippen LogP contribution in [0.15, 0.2) is 0 Å². The summed E-state index contributed by atoms with van der Waals surface area (Å²) >= 11 is 5.72. The Hall–Kier alpha value is 0.910. The van der Waals surface area contributed by atoms with Crippen LogP contribution < -0.4 is 0 Å². The van der Waals surface area contributed by atoms with Crippen LogP contribution in [0.3, 0.4) is 0 Å². The monoisotopic (exact) mass is 310 g/mol. The molecule has 0 radical (unpaired) electrons. The molecule has 0 aliphatic carbocycles. The Morgan fingerprint density at radius 3 is 1.75 bits per heavy atom. The fourth-order valence-electron chi connectivity index (χ4n) is 0. The summed E-state index contributed by atoms with van der Waals surface area (Å²) in [5.41, 5.74) is 0. The molecule has 0 fully saturated rings. The molecule has 1 N–H and O–H groups in total. The SMILES string of the molecule is Br.CC(Br)(Br)C(=O)O. The Labute approximate surface area is 74.7 Å². The molecule has 50 valence electrons. The Balaban J connectivity index is 0. The van der Waals surface area contributed by atoms with Crippen molar-refractivity contribution in [3.8, 4) is 0 Å². The van der Waals surface area contributed by atoms with Crippen LogP contribution in [0.5, 0.6) is 0 Å². The predicted molar refractivity (Wildman–Crippen MR) is 44.2 cm³/mol. The highest BCUT2D eigenvalue weighted by Gasteiger charge is 2.24. The topological polar surface area (TPSA) is 37.3 Å². The number of hydrogen-bond acceptors (Lipinski definition) is 1. The van der Waals surface area contributed by atoms with E-state index in [9.17, 15) is 4.79 Å². The van der Waals surface area contributed by atoms with Crippen LogP contribution in [0, 0.1) is 0 Å². The van der Waals surface area contributed by atoms with Crippen molar-refractivity contribution in [3.05, 3.63) is 0 Å². The van der Waals surface area contributed by atoms with Gasteiger partial charge in [-0.05, 0) is 6.92 Å². The molecule has 5 heteroatoms. The molecule has 0 saturated heterocycles. The molecule has 0 atom stereocenters. The molecular weight excluding hydrogens is 308 g/mol. The van der Waals surface area contributed by atoms with E-state index in [0.29, 0.717) is 0 Å². The number of rotatable bonds is 1. The first-order valence-corrected chi connectivity index (χ1v) is 3.14. The van der Waals surface area contributed by atoms with Crippen molar-refractivity contribution in [1.82, 2.24) is 0 Å². The summed E-state index contributed by atoms with van der Waals surface area (Å²) in [4.78, 5) is 9.93. The smallest absolute Gasteiger partial charge is 0.331 e. The van der Waals surface area contributed by atoms with Crippen LogP contribution in [0.25, 0.3) is 0 Å². The summed E-state index contributed by atoms with van der Waals surface area (Å²) in [5, 5.41) is 8.16. The maximum atomic E-state index is 9.93. The van der Waals surface area contributed by atoms with Crippen molar-refractivity contribution in [2.45, 2.75) is 10.2 Å². The fraction of sp³-hybridized carbons (Fsp3) is 0.667. The minimum absolute atomic E-state index is 0. The van der Waals surface area contributed by atoms with Gasteiger partial charge in [-0.2, -0.15) is 0 Å². The van der Waals surface area contributed by atoms with E-state index in [0.717, 1.165) is 0 Å². The molecule has 8 heavy (non-hydrogen) atoms. The Bertz CT molecular complexity index is 85.0. The summed E-state index contributed by atoms with van der Waals surface area (Å²) in [5.74, 6) is -0.924. The zero-order valence-corrected chi connectivity index (χ0v) is 8.90. The van der Waals surface area contributed by atoms with E-state index in [4.69, 9.17) is 5.11 Å². The number of hydrogen-bond donors (Lipinski definition) is 1. The minimum atomic E-state index is -0.958. The van der Waals surface area contributed by atoms with Crippen LogP contribution in [0.2, 0.25) is 0 Å². The zero-order valence-electron chi connectivity index (χ0n) is 4.02. The maximum absolute atomic E-state index is 9.93. The van der Waals surface area contributed by atoms with Crippen molar-refractivity contribution >= 4 is 54.8 Å². The average Bonchev–Trinajstić information content (AvgIpc) is 1.31. The van der Waals surface area contributed by atoms with Crippen LogP contribution >= 0.6 is 48.8 Å². The first-order chi connectivity index (χ1) is 2.94. The van der Waals surface area contributed by atoms with Crippen LogP contribution in [-0.4, -0.2) is 14.3 Å². The molecule has 0 aromatic carbocycles. The van der Waals surface area contributed by atoms with Crippen LogP contribution in [0.4, 0.5) is 0 Å². The summed E-state index contributed by atoms with van der Waals surface area (Å²) in [6.45, 7) is 1.50. The summed E-state index contributed by atoms with van der Waals surface area (Å²) in [6.07, 6.45) is 0. The number of carboxylic acid groups (broad SMARTS) is 1. The second-order valence-corrected chi connectivity index (χ2v) is 5.43. The number of carbonyl (C=O) groups is 1. The summed E-state index contributed by atoms with van der Waals surface area (Å²) in [6, 6.07) is 0. The Morgan fingerprint density at radius 1 is 1.62 bits per heavy atom. The largest absolute Gasteiger partial charge is 0.480 e. The van der Waals surface area contributed by atoms with Crippen molar-refractivity contribution in [2.75, 3.05) is 0 Å². The van der Waals surface area contributed by atoms with Gasteiger partial charge in [0.25, 0.3) is 0 Å². The van der Waals surface area contributed by atoms with Gasteiger partial charge in [-0.1, -0.05) is 31.9 Å². The highest BCUT2D eigenvalue weighted by Crippen LogP contribution is 2.24. The lowest BCUT2D eigenvalue weighted by Gasteiger charge is -2.03. The zero-order chi connectivity index (χ0) is 6.08. The van der Waals surface area contributed by atoms with Gasteiger partial charge in [-0.25, -0.2) is 4.79 Å². The fourth-order valence-corrected chi connectivity index (χ4v) is 0. The van der Waals surface area contributed by atoms with Gasteiger partial charge in [0.15, 0.2) is 3.23 Å². The third-order valence-electron chi connectivity index (χ3n) is 0.376. The van der Waals surface area contributed by atoms with E-state index >= 15 is 0 Å². The van der Waals surface area contributed by atoms with Gasteiger partial charge in [-0.3, -0.25) is 0 Å². The highest BCUT2D eigenvalue weighted by molar-refractivity contribution is 9.25. The molecule has 0 aromatic heterocycles. The van der Waals surface area contributed by atoms with Crippen molar-refractivity contribution in [3.63, 3.8) is 0 Å². The van der Waals surface area contributed by atoms with Gasteiger partial charge in [-0.15, -0.1) is 17.0 Å². The van der Waals surface area contributed by atoms with E-state index in [1.165, 1.54) is 6.92 Å². The van der Waals surface area contributed by atoms with E-state index in [1.807, 2.05) is 0 Å². The Morgan fingerprint density at radius 2 is 1.75 bits per heavy atom. The summed E-state index contributed by atoms with van der Waals surface area (Å²) < 4.78 is -0.958. The van der Waals surface area contributed by atoms with E-state index in [1.54, 1.807) is 0 Å². The molecule has 0 aliphatic heterocycles. The van der Waals surface area contributed by atoms with E-state index < -0.39 is 9.20 Å². The second kappa shape index (κ2) is 3.85. The Kier molecular flexibility index (Phi) is 5.61. The molecule has 0 aliphatic rings. The summed E-state index contributed by atoms with van der Waals surface area (Å²) in [7, 11) is 0. The van der Waals surface area contributed by atoms with Crippen molar-refractivity contribution in [1.29, 1.82) is 0 Å². The van der Waals surface area contributed by atoms with E-state index in [-0.39, 0.29) is 17.0 Å². The lowest BCUT2D eigenvalue weighted by Crippen LogP contribution is -2.18. The number of aliphatic carboxylic acids is 1. The quantitative estimate of drug-likeness (QED) is 0.753.